The SMILES string of the molecule is CNC1(C#N)CCCC(N(C)C2CCCCCC2)C1. The predicted octanol–water partition coefficient (Wildman–Crippen LogP) is 3.07. The molecule has 0 heterocycles. The first-order valence-corrected chi connectivity index (χ1v) is 8.03. The molecule has 3 heteroatoms. The van der Waals surface area contributed by atoms with Crippen LogP contribution in [0.1, 0.15) is 64.2 Å². The van der Waals surface area contributed by atoms with Crippen molar-refractivity contribution in [3.05, 3.63) is 0 Å². The summed E-state index contributed by atoms with van der Waals surface area (Å²) < 4.78 is 0. The summed E-state index contributed by atoms with van der Waals surface area (Å²) >= 11 is 0. The second kappa shape index (κ2) is 6.72. The first-order chi connectivity index (χ1) is 9.21. The number of nitrogens with one attached hydrogen (secondary N) is 1. The monoisotopic (exact) mass is 263 g/mol. The van der Waals surface area contributed by atoms with Crippen LogP contribution in [0.2, 0.25) is 0 Å². The third kappa shape index (κ3) is 3.49. The highest BCUT2D eigenvalue weighted by atomic mass is 15.2. The minimum Gasteiger partial charge on any atom is -0.302 e. The number of hydrogen-bond donors (Lipinski definition) is 1. The van der Waals surface area contributed by atoms with Crippen molar-refractivity contribution in [3.8, 4) is 6.07 Å². The van der Waals surface area contributed by atoms with Crippen LogP contribution in [-0.2, 0) is 0 Å². The summed E-state index contributed by atoms with van der Waals surface area (Å²) in [6.07, 6.45) is 12.7. The molecule has 2 aliphatic carbocycles. The van der Waals surface area contributed by atoms with Crippen molar-refractivity contribution in [1.82, 2.24) is 10.2 Å². The van der Waals surface area contributed by atoms with Crippen molar-refractivity contribution in [1.29, 1.82) is 5.26 Å². The van der Waals surface area contributed by atoms with Gasteiger partial charge >= 0.3 is 0 Å². The van der Waals surface area contributed by atoms with Gasteiger partial charge in [0.15, 0.2) is 0 Å². The quantitative estimate of drug-likeness (QED) is 0.795. The van der Waals surface area contributed by atoms with Gasteiger partial charge in [0.05, 0.1) is 6.07 Å². The Labute approximate surface area is 118 Å². The van der Waals surface area contributed by atoms with Crippen LogP contribution in [0.15, 0.2) is 0 Å². The van der Waals surface area contributed by atoms with Gasteiger partial charge in [0.1, 0.15) is 5.54 Å². The normalized spacial score (nSPS) is 33.9. The second-order valence-corrected chi connectivity index (χ2v) is 6.50. The Bertz CT molecular complexity index is 314. The lowest BCUT2D eigenvalue weighted by Crippen LogP contribution is -2.52. The highest BCUT2D eigenvalue weighted by Crippen LogP contribution is 2.33. The molecule has 0 aromatic carbocycles. The molecule has 2 unspecified atom stereocenters. The minimum atomic E-state index is -0.276. The van der Waals surface area contributed by atoms with E-state index in [4.69, 9.17) is 0 Å². The molecule has 0 radical (unpaired) electrons. The highest BCUT2D eigenvalue weighted by molar-refractivity contribution is 5.10. The van der Waals surface area contributed by atoms with Crippen molar-refractivity contribution in [3.63, 3.8) is 0 Å². The molecule has 0 amide bonds. The maximum Gasteiger partial charge on any atom is 0.108 e. The van der Waals surface area contributed by atoms with Crippen molar-refractivity contribution < 1.29 is 0 Å². The first-order valence-electron chi connectivity index (χ1n) is 8.03. The van der Waals surface area contributed by atoms with Gasteiger partial charge in [-0.3, -0.25) is 0 Å². The number of nitrogens with zero attached hydrogens (tertiary/aromatic N) is 2. The van der Waals surface area contributed by atoms with Gasteiger partial charge in [-0.25, -0.2) is 0 Å². The fourth-order valence-corrected chi connectivity index (χ4v) is 3.94. The average molecular weight is 263 g/mol. The predicted molar refractivity (Wildman–Crippen MR) is 78.9 cm³/mol. The van der Waals surface area contributed by atoms with Gasteiger partial charge in [0.2, 0.25) is 0 Å². The summed E-state index contributed by atoms with van der Waals surface area (Å²) in [5.74, 6) is 0. The van der Waals surface area contributed by atoms with Crippen molar-refractivity contribution in [2.24, 2.45) is 0 Å². The Balaban J connectivity index is 1.98. The van der Waals surface area contributed by atoms with E-state index in [9.17, 15) is 5.26 Å². The van der Waals surface area contributed by atoms with Crippen LogP contribution in [0.4, 0.5) is 0 Å². The molecular weight excluding hydrogens is 234 g/mol. The van der Waals surface area contributed by atoms with E-state index in [1.165, 1.54) is 51.4 Å². The Morgan fingerprint density at radius 3 is 2.26 bits per heavy atom. The second-order valence-electron chi connectivity index (χ2n) is 6.50. The molecule has 2 aliphatic rings. The molecule has 2 saturated carbocycles. The topological polar surface area (TPSA) is 39.1 Å². The molecule has 0 saturated heterocycles. The molecular formula is C16H29N3. The number of rotatable bonds is 3. The van der Waals surface area contributed by atoms with E-state index >= 15 is 0 Å². The number of nitriles is 1. The largest absolute Gasteiger partial charge is 0.302 e. The van der Waals surface area contributed by atoms with Gasteiger partial charge in [-0.2, -0.15) is 5.26 Å². The summed E-state index contributed by atoms with van der Waals surface area (Å²) in [7, 11) is 4.24. The zero-order valence-corrected chi connectivity index (χ0v) is 12.6. The van der Waals surface area contributed by atoms with E-state index in [0.29, 0.717) is 6.04 Å². The lowest BCUT2D eigenvalue weighted by molar-refractivity contribution is 0.0996. The Kier molecular flexibility index (Phi) is 5.24. The van der Waals surface area contributed by atoms with Crippen molar-refractivity contribution in [2.75, 3.05) is 14.1 Å². The zero-order chi connectivity index (χ0) is 13.7. The lowest BCUT2D eigenvalue weighted by atomic mass is 9.79. The summed E-state index contributed by atoms with van der Waals surface area (Å²) in [4.78, 5) is 2.61. The molecule has 0 aliphatic heterocycles. The van der Waals surface area contributed by atoms with Crippen LogP contribution >= 0.6 is 0 Å². The van der Waals surface area contributed by atoms with Crippen LogP contribution in [0, 0.1) is 11.3 Å². The van der Waals surface area contributed by atoms with E-state index in [1.807, 2.05) is 7.05 Å². The average Bonchev–Trinajstić information content (AvgIpc) is 2.75. The van der Waals surface area contributed by atoms with Crippen LogP contribution in [0.25, 0.3) is 0 Å². The fraction of sp³-hybridized carbons (Fsp3) is 0.938. The van der Waals surface area contributed by atoms with Gasteiger partial charge < -0.3 is 10.2 Å². The Morgan fingerprint density at radius 1 is 1.05 bits per heavy atom. The van der Waals surface area contributed by atoms with Gasteiger partial charge in [0, 0.05) is 12.1 Å². The molecule has 0 spiro atoms. The highest BCUT2D eigenvalue weighted by Gasteiger charge is 2.38. The molecule has 2 rings (SSSR count). The minimum absolute atomic E-state index is 0.276. The lowest BCUT2D eigenvalue weighted by Gasteiger charge is -2.42. The van der Waals surface area contributed by atoms with Gasteiger partial charge in [-0.05, 0) is 52.6 Å². The molecule has 1 N–H and O–H groups in total. The van der Waals surface area contributed by atoms with E-state index in [0.717, 1.165) is 18.9 Å². The van der Waals surface area contributed by atoms with Crippen LogP contribution in [0.5, 0.6) is 0 Å². The summed E-state index contributed by atoms with van der Waals surface area (Å²) in [5.41, 5.74) is -0.276. The summed E-state index contributed by atoms with van der Waals surface area (Å²) in [5, 5.41) is 12.7. The van der Waals surface area contributed by atoms with Crippen LogP contribution in [0.3, 0.4) is 0 Å². The summed E-state index contributed by atoms with van der Waals surface area (Å²) in [6, 6.07) is 3.87. The maximum atomic E-state index is 9.47. The van der Waals surface area contributed by atoms with E-state index in [1.54, 1.807) is 0 Å². The Hall–Kier alpha value is -0.590. The Morgan fingerprint density at radius 2 is 1.68 bits per heavy atom. The van der Waals surface area contributed by atoms with E-state index in [-0.39, 0.29) is 5.54 Å². The molecule has 19 heavy (non-hydrogen) atoms. The van der Waals surface area contributed by atoms with Gasteiger partial charge in [-0.1, -0.05) is 25.7 Å². The molecule has 0 bridgehead atoms. The molecule has 2 fully saturated rings. The van der Waals surface area contributed by atoms with Crippen molar-refractivity contribution >= 4 is 0 Å². The number of hydrogen-bond acceptors (Lipinski definition) is 3. The maximum absolute atomic E-state index is 9.47. The molecule has 0 aromatic rings. The third-order valence-corrected chi connectivity index (χ3v) is 5.39. The fourth-order valence-electron chi connectivity index (χ4n) is 3.94. The zero-order valence-electron chi connectivity index (χ0n) is 12.6. The molecule has 3 nitrogen and oxygen atoms in total. The standard InChI is InChI=1S/C16H29N3/c1-18-16(13-17)11-7-10-15(12-16)19(2)14-8-5-3-4-6-9-14/h14-15,18H,3-12H2,1-2H3. The third-order valence-electron chi connectivity index (χ3n) is 5.39. The van der Waals surface area contributed by atoms with Gasteiger partial charge in [0.25, 0.3) is 0 Å². The van der Waals surface area contributed by atoms with Gasteiger partial charge in [-0.15, -0.1) is 0 Å². The van der Waals surface area contributed by atoms with E-state index in [2.05, 4.69) is 23.3 Å². The van der Waals surface area contributed by atoms with Crippen LogP contribution in [-0.4, -0.2) is 36.6 Å². The first kappa shape index (κ1) is 14.8. The molecule has 2 atom stereocenters. The molecule has 0 aromatic heterocycles. The molecule has 108 valence electrons. The van der Waals surface area contributed by atoms with E-state index < -0.39 is 0 Å². The summed E-state index contributed by atoms with van der Waals surface area (Å²) in [6.45, 7) is 0. The smallest absolute Gasteiger partial charge is 0.108 e. The van der Waals surface area contributed by atoms with Crippen molar-refractivity contribution in [2.45, 2.75) is 81.8 Å². The van der Waals surface area contributed by atoms with Crippen LogP contribution < -0.4 is 5.32 Å².